The van der Waals surface area contributed by atoms with E-state index >= 15 is 0 Å². The summed E-state index contributed by atoms with van der Waals surface area (Å²) in [6, 6.07) is 1.45. The molecule has 1 N–H and O–H groups in total. The normalized spacial score (nSPS) is 35.1. The van der Waals surface area contributed by atoms with E-state index in [2.05, 4.69) is 31.0 Å². The van der Waals surface area contributed by atoms with Gasteiger partial charge in [0.15, 0.2) is 0 Å². The van der Waals surface area contributed by atoms with Crippen molar-refractivity contribution >= 4 is 0 Å². The van der Waals surface area contributed by atoms with Crippen LogP contribution in [0.2, 0.25) is 0 Å². The Kier molecular flexibility index (Phi) is 3.13. The molecular formula is C12H24N2. The fraction of sp³-hybridized carbons (Fsp3) is 1.00. The van der Waals surface area contributed by atoms with E-state index in [1.807, 2.05) is 0 Å². The van der Waals surface area contributed by atoms with Crippen LogP contribution in [0.5, 0.6) is 0 Å². The topological polar surface area (TPSA) is 15.3 Å². The number of nitrogens with one attached hydrogen (secondary N) is 1. The third kappa shape index (κ3) is 2.48. The molecule has 2 fully saturated rings. The standard InChI is InChI=1S/C12H24N2/c1-9(2)12-6-13-10(3)7-14(12)8-11-4-5-11/h9-13H,4-8H2,1-3H3. The monoisotopic (exact) mass is 196 g/mol. The molecule has 1 aliphatic heterocycles. The van der Waals surface area contributed by atoms with Crippen LogP contribution in [0.15, 0.2) is 0 Å². The van der Waals surface area contributed by atoms with E-state index in [1.54, 1.807) is 0 Å². The molecule has 1 saturated carbocycles. The summed E-state index contributed by atoms with van der Waals surface area (Å²) < 4.78 is 0. The van der Waals surface area contributed by atoms with Gasteiger partial charge in [0, 0.05) is 31.7 Å². The molecule has 82 valence electrons. The second-order valence-corrected chi connectivity index (χ2v) is 5.52. The summed E-state index contributed by atoms with van der Waals surface area (Å²) in [6.45, 7) is 10.8. The third-order valence-electron chi connectivity index (χ3n) is 3.61. The van der Waals surface area contributed by atoms with Crippen LogP contribution < -0.4 is 5.32 Å². The van der Waals surface area contributed by atoms with Gasteiger partial charge in [-0.1, -0.05) is 13.8 Å². The molecule has 1 saturated heterocycles. The van der Waals surface area contributed by atoms with E-state index in [0.717, 1.165) is 17.9 Å². The van der Waals surface area contributed by atoms with E-state index in [-0.39, 0.29) is 0 Å². The van der Waals surface area contributed by atoms with E-state index in [4.69, 9.17) is 0 Å². The van der Waals surface area contributed by atoms with Crippen LogP contribution >= 0.6 is 0 Å². The zero-order valence-electron chi connectivity index (χ0n) is 9.79. The van der Waals surface area contributed by atoms with Crippen molar-refractivity contribution in [2.45, 2.75) is 45.7 Å². The van der Waals surface area contributed by atoms with Crippen LogP contribution in [0.1, 0.15) is 33.6 Å². The molecule has 2 rings (SSSR count). The number of hydrogen-bond acceptors (Lipinski definition) is 2. The summed E-state index contributed by atoms with van der Waals surface area (Å²) in [6.07, 6.45) is 2.95. The van der Waals surface area contributed by atoms with Crippen LogP contribution in [-0.2, 0) is 0 Å². The lowest BCUT2D eigenvalue weighted by Crippen LogP contribution is -2.57. The summed E-state index contributed by atoms with van der Waals surface area (Å²) in [5.41, 5.74) is 0. The second kappa shape index (κ2) is 4.19. The molecule has 14 heavy (non-hydrogen) atoms. The quantitative estimate of drug-likeness (QED) is 0.739. The zero-order valence-corrected chi connectivity index (χ0v) is 9.79. The van der Waals surface area contributed by atoms with Crippen LogP contribution in [-0.4, -0.2) is 36.6 Å². The van der Waals surface area contributed by atoms with Gasteiger partial charge in [-0.15, -0.1) is 0 Å². The van der Waals surface area contributed by atoms with Gasteiger partial charge in [-0.25, -0.2) is 0 Å². The SMILES string of the molecule is CC1CN(CC2CC2)C(C(C)C)CN1. The average Bonchev–Trinajstić information content (AvgIpc) is 2.87. The molecule has 2 aliphatic rings. The highest BCUT2D eigenvalue weighted by Gasteiger charge is 2.32. The van der Waals surface area contributed by atoms with Gasteiger partial charge in [-0.3, -0.25) is 4.90 Å². The summed E-state index contributed by atoms with van der Waals surface area (Å²) in [4.78, 5) is 2.73. The maximum absolute atomic E-state index is 3.60. The fourth-order valence-electron chi connectivity index (χ4n) is 2.50. The predicted molar refractivity (Wildman–Crippen MR) is 60.4 cm³/mol. The maximum Gasteiger partial charge on any atom is 0.0244 e. The Hall–Kier alpha value is -0.0800. The Balaban J connectivity index is 1.91. The molecule has 1 aliphatic carbocycles. The van der Waals surface area contributed by atoms with Crippen molar-refractivity contribution in [3.05, 3.63) is 0 Å². The molecule has 2 nitrogen and oxygen atoms in total. The first-order valence-electron chi connectivity index (χ1n) is 6.14. The fourth-order valence-corrected chi connectivity index (χ4v) is 2.50. The first kappa shape index (κ1) is 10.4. The van der Waals surface area contributed by atoms with Gasteiger partial charge < -0.3 is 5.32 Å². The van der Waals surface area contributed by atoms with Crippen LogP contribution in [0.3, 0.4) is 0 Å². The molecule has 1 heterocycles. The molecule has 0 amide bonds. The van der Waals surface area contributed by atoms with Crippen molar-refractivity contribution in [1.82, 2.24) is 10.2 Å². The molecule has 2 unspecified atom stereocenters. The van der Waals surface area contributed by atoms with Crippen molar-refractivity contribution in [2.24, 2.45) is 11.8 Å². The Bertz CT molecular complexity index is 185. The highest BCUT2D eigenvalue weighted by molar-refractivity contribution is 4.89. The molecule has 2 heteroatoms. The minimum atomic E-state index is 0.684. The lowest BCUT2D eigenvalue weighted by molar-refractivity contribution is 0.0980. The first-order chi connectivity index (χ1) is 6.66. The van der Waals surface area contributed by atoms with E-state index in [9.17, 15) is 0 Å². The minimum absolute atomic E-state index is 0.684. The predicted octanol–water partition coefficient (Wildman–Crippen LogP) is 1.71. The summed E-state index contributed by atoms with van der Waals surface area (Å²) in [7, 11) is 0. The van der Waals surface area contributed by atoms with Crippen molar-refractivity contribution < 1.29 is 0 Å². The van der Waals surface area contributed by atoms with Crippen molar-refractivity contribution in [3.8, 4) is 0 Å². The van der Waals surface area contributed by atoms with Crippen LogP contribution in [0, 0.1) is 11.8 Å². The number of piperazine rings is 1. The molecule has 0 radical (unpaired) electrons. The van der Waals surface area contributed by atoms with E-state index in [1.165, 1.54) is 32.5 Å². The van der Waals surface area contributed by atoms with Gasteiger partial charge in [0.25, 0.3) is 0 Å². The number of rotatable bonds is 3. The first-order valence-corrected chi connectivity index (χ1v) is 6.14. The van der Waals surface area contributed by atoms with Gasteiger partial charge in [0.05, 0.1) is 0 Å². The molecule has 0 spiro atoms. The molecule has 0 aromatic rings. The average molecular weight is 196 g/mol. The summed E-state index contributed by atoms with van der Waals surface area (Å²) >= 11 is 0. The van der Waals surface area contributed by atoms with Gasteiger partial charge in [-0.2, -0.15) is 0 Å². The Morgan fingerprint density at radius 2 is 2.07 bits per heavy atom. The lowest BCUT2D eigenvalue weighted by Gasteiger charge is -2.41. The Morgan fingerprint density at radius 3 is 2.64 bits per heavy atom. The van der Waals surface area contributed by atoms with E-state index in [0.29, 0.717) is 6.04 Å². The minimum Gasteiger partial charge on any atom is -0.311 e. The van der Waals surface area contributed by atoms with Crippen LogP contribution in [0.25, 0.3) is 0 Å². The van der Waals surface area contributed by atoms with Gasteiger partial charge in [0.2, 0.25) is 0 Å². The van der Waals surface area contributed by atoms with Crippen molar-refractivity contribution in [1.29, 1.82) is 0 Å². The summed E-state index contributed by atoms with van der Waals surface area (Å²) in [5, 5.41) is 3.60. The second-order valence-electron chi connectivity index (χ2n) is 5.52. The number of hydrogen-bond donors (Lipinski definition) is 1. The molecule has 0 aromatic carbocycles. The van der Waals surface area contributed by atoms with Gasteiger partial charge in [0.1, 0.15) is 0 Å². The zero-order chi connectivity index (χ0) is 10.1. The molecule has 0 aromatic heterocycles. The van der Waals surface area contributed by atoms with Crippen molar-refractivity contribution in [2.75, 3.05) is 19.6 Å². The molecular weight excluding hydrogens is 172 g/mol. The smallest absolute Gasteiger partial charge is 0.0244 e. The Labute approximate surface area is 88.1 Å². The van der Waals surface area contributed by atoms with Crippen molar-refractivity contribution in [3.63, 3.8) is 0 Å². The largest absolute Gasteiger partial charge is 0.311 e. The molecule has 2 atom stereocenters. The van der Waals surface area contributed by atoms with Crippen LogP contribution in [0.4, 0.5) is 0 Å². The Morgan fingerprint density at radius 1 is 1.36 bits per heavy atom. The lowest BCUT2D eigenvalue weighted by atomic mass is 9.98. The molecule has 0 bridgehead atoms. The highest BCUT2D eigenvalue weighted by atomic mass is 15.2. The van der Waals surface area contributed by atoms with Gasteiger partial charge in [-0.05, 0) is 31.6 Å². The van der Waals surface area contributed by atoms with Gasteiger partial charge >= 0.3 is 0 Å². The highest BCUT2D eigenvalue weighted by Crippen LogP contribution is 2.31. The summed E-state index contributed by atoms with van der Waals surface area (Å²) in [5.74, 6) is 1.82. The third-order valence-corrected chi connectivity index (χ3v) is 3.61. The number of nitrogens with zero attached hydrogens (tertiary/aromatic N) is 1. The van der Waals surface area contributed by atoms with E-state index < -0.39 is 0 Å². The maximum atomic E-state index is 3.60.